The summed E-state index contributed by atoms with van der Waals surface area (Å²) in [4.78, 5) is 2.31. The number of nitrogens with one attached hydrogen (secondary N) is 1. The van der Waals surface area contributed by atoms with Crippen LogP contribution in [0.5, 0.6) is 0 Å². The molecule has 2 saturated heterocycles. The lowest BCUT2D eigenvalue weighted by molar-refractivity contribution is -0.137. The monoisotopic (exact) mass is 298 g/mol. The minimum absolute atomic E-state index is 0.0275. The van der Waals surface area contributed by atoms with Crippen LogP contribution in [-0.2, 0) is 6.18 Å². The Kier molecular flexibility index (Phi) is 3.97. The highest BCUT2D eigenvalue weighted by molar-refractivity contribution is 5.28. The second-order valence-corrected chi connectivity index (χ2v) is 6.22. The minimum atomic E-state index is -4.27. The van der Waals surface area contributed by atoms with Gasteiger partial charge in [-0.3, -0.25) is 4.90 Å². The van der Waals surface area contributed by atoms with Gasteiger partial charge in [-0.05, 0) is 49.9 Å². The second-order valence-electron chi connectivity index (χ2n) is 6.22. The van der Waals surface area contributed by atoms with Crippen LogP contribution in [0.3, 0.4) is 0 Å². The number of hydrogen-bond acceptors (Lipinski definition) is 2. The quantitative estimate of drug-likeness (QED) is 0.899. The van der Waals surface area contributed by atoms with Gasteiger partial charge in [0.1, 0.15) is 0 Å². The van der Waals surface area contributed by atoms with E-state index < -0.39 is 11.7 Å². The number of fused-ring (bicyclic) bond motifs is 1. The molecule has 0 aliphatic carbocycles. The highest BCUT2D eigenvalue weighted by Crippen LogP contribution is 2.34. The maximum absolute atomic E-state index is 12.8. The van der Waals surface area contributed by atoms with Gasteiger partial charge in [0, 0.05) is 25.2 Å². The number of halogens is 3. The summed E-state index contributed by atoms with van der Waals surface area (Å²) in [5, 5.41) is 3.53. The summed E-state index contributed by atoms with van der Waals surface area (Å²) in [6, 6.07) is 6.28. The minimum Gasteiger partial charge on any atom is -0.312 e. The number of nitrogens with zero attached hydrogens (tertiary/aromatic N) is 1. The van der Waals surface area contributed by atoms with Crippen LogP contribution >= 0.6 is 0 Å². The molecule has 3 rings (SSSR count). The summed E-state index contributed by atoms with van der Waals surface area (Å²) in [6.45, 7) is 4.98. The molecular weight excluding hydrogens is 277 g/mol. The van der Waals surface area contributed by atoms with Crippen LogP contribution in [0.1, 0.15) is 36.9 Å². The van der Waals surface area contributed by atoms with Crippen LogP contribution in [0.15, 0.2) is 24.3 Å². The first-order valence-corrected chi connectivity index (χ1v) is 7.60. The van der Waals surface area contributed by atoms with Crippen molar-refractivity contribution in [2.75, 3.05) is 19.6 Å². The molecule has 116 valence electrons. The van der Waals surface area contributed by atoms with E-state index >= 15 is 0 Å². The molecule has 0 saturated carbocycles. The summed E-state index contributed by atoms with van der Waals surface area (Å²) in [7, 11) is 0. The smallest absolute Gasteiger partial charge is 0.312 e. The van der Waals surface area contributed by atoms with E-state index in [1.165, 1.54) is 25.0 Å². The van der Waals surface area contributed by atoms with Gasteiger partial charge < -0.3 is 5.32 Å². The second kappa shape index (κ2) is 5.61. The maximum Gasteiger partial charge on any atom is 0.416 e. The Hall–Kier alpha value is -1.07. The average Bonchev–Trinajstić information content (AvgIpc) is 2.89. The van der Waals surface area contributed by atoms with E-state index in [2.05, 4.69) is 10.2 Å². The number of piperidine rings is 1. The van der Waals surface area contributed by atoms with Gasteiger partial charge in [-0.2, -0.15) is 13.2 Å². The van der Waals surface area contributed by atoms with Gasteiger partial charge in [0.25, 0.3) is 0 Å². The molecule has 2 aliphatic heterocycles. The van der Waals surface area contributed by atoms with E-state index in [1.807, 2.05) is 6.92 Å². The highest BCUT2D eigenvalue weighted by atomic mass is 19.4. The van der Waals surface area contributed by atoms with Gasteiger partial charge in [-0.15, -0.1) is 0 Å². The maximum atomic E-state index is 12.8. The van der Waals surface area contributed by atoms with Gasteiger partial charge in [-0.25, -0.2) is 0 Å². The highest BCUT2D eigenvalue weighted by Gasteiger charge is 2.37. The molecule has 2 nitrogen and oxygen atoms in total. The van der Waals surface area contributed by atoms with Crippen molar-refractivity contribution in [3.8, 4) is 0 Å². The van der Waals surface area contributed by atoms with Crippen LogP contribution in [0.4, 0.5) is 13.2 Å². The number of alkyl halides is 3. The topological polar surface area (TPSA) is 15.3 Å². The van der Waals surface area contributed by atoms with Gasteiger partial charge in [0.05, 0.1) is 5.56 Å². The number of benzene rings is 1. The Labute approximate surface area is 123 Å². The molecule has 3 atom stereocenters. The first kappa shape index (κ1) is 14.9. The molecule has 3 unspecified atom stereocenters. The molecule has 0 amide bonds. The summed E-state index contributed by atoms with van der Waals surface area (Å²) < 4.78 is 38.5. The molecular formula is C16H21F3N2. The van der Waals surface area contributed by atoms with E-state index in [9.17, 15) is 13.2 Å². The van der Waals surface area contributed by atoms with Gasteiger partial charge in [0.15, 0.2) is 0 Å². The van der Waals surface area contributed by atoms with Crippen molar-refractivity contribution < 1.29 is 13.2 Å². The Morgan fingerprint density at radius 3 is 2.81 bits per heavy atom. The zero-order valence-electron chi connectivity index (χ0n) is 12.2. The predicted octanol–water partition coefficient (Wildman–Crippen LogP) is 3.45. The predicted molar refractivity (Wildman–Crippen MR) is 75.9 cm³/mol. The molecule has 0 spiro atoms. The van der Waals surface area contributed by atoms with E-state index in [0.717, 1.165) is 31.3 Å². The number of rotatable bonds is 2. The van der Waals surface area contributed by atoms with Crippen molar-refractivity contribution in [2.24, 2.45) is 5.92 Å². The van der Waals surface area contributed by atoms with Crippen molar-refractivity contribution >= 4 is 0 Å². The molecule has 2 heterocycles. The summed E-state index contributed by atoms with van der Waals surface area (Å²) in [5.74, 6) is 0.645. The molecule has 2 aliphatic rings. The first-order chi connectivity index (χ1) is 9.95. The molecule has 1 aromatic carbocycles. The Morgan fingerprint density at radius 2 is 2.10 bits per heavy atom. The largest absolute Gasteiger partial charge is 0.416 e. The first-order valence-electron chi connectivity index (χ1n) is 7.60. The average molecular weight is 298 g/mol. The zero-order valence-corrected chi connectivity index (χ0v) is 12.2. The fraction of sp³-hybridized carbons (Fsp3) is 0.625. The van der Waals surface area contributed by atoms with E-state index in [-0.39, 0.29) is 6.04 Å². The standard InChI is InChI=1S/C16H21F3N2/c1-11(12-4-2-6-14(8-12)16(17,18)19)21-9-13-5-3-7-20-15(13)10-21/h2,4,6,8,11,13,15,20H,3,5,7,9-10H2,1H3. The lowest BCUT2D eigenvalue weighted by Gasteiger charge is -2.25. The van der Waals surface area contributed by atoms with Gasteiger partial charge in [-0.1, -0.05) is 12.1 Å². The van der Waals surface area contributed by atoms with Crippen molar-refractivity contribution in [1.29, 1.82) is 0 Å². The number of hydrogen-bond donors (Lipinski definition) is 1. The Balaban J connectivity index is 1.75. The van der Waals surface area contributed by atoms with Crippen LogP contribution in [-0.4, -0.2) is 30.6 Å². The normalized spacial score (nSPS) is 28.4. The molecule has 21 heavy (non-hydrogen) atoms. The summed E-state index contributed by atoms with van der Waals surface area (Å²) in [5.41, 5.74) is 0.199. The van der Waals surface area contributed by atoms with Crippen molar-refractivity contribution in [1.82, 2.24) is 10.2 Å². The summed E-state index contributed by atoms with van der Waals surface area (Å²) >= 11 is 0. The Bertz CT molecular complexity index is 487. The summed E-state index contributed by atoms with van der Waals surface area (Å²) in [6.07, 6.45) is -1.84. The zero-order chi connectivity index (χ0) is 15.0. The van der Waals surface area contributed by atoms with E-state index in [0.29, 0.717) is 12.0 Å². The van der Waals surface area contributed by atoms with E-state index in [1.54, 1.807) is 6.07 Å². The van der Waals surface area contributed by atoms with Crippen LogP contribution in [0.2, 0.25) is 0 Å². The third kappa shape index (κ3) is 3.09. The lowest BCUT2D eigenvalue weighted by atomic mass is 9.94. The third-order valence-corrected chi connectivity index (χ3v) is 4.87. The van der Waals surface area contributed by atoms with Crippen molar-refractivity contribution in [2.45, 2.75) is 38.0 Å². The van der Waals surface area contributed by atoms with Crippen molar-refractivity contribution in [3.05, 3.63) is 35.4 Å². The SMILES string of the molecule is CC(c1cccc(C(F)(F)F)c1)N1CC2CCCNC2C1. The molecule has 1 N–H and O–H groups in total. The lowest BCUT2D eigenvalue weighted by Crippen LogP contribution is -2.40. The molecule has 1 aromatic rings. The van der Waals surface area contributed by atoms with E-state index in [4.69, 9.17) is 0 Å². The van der Waals surface area contributed by atoms with Gasteiger partial charge in [0.2, 0.25) is 0 Å². The Morgan fingerprint density at radius 1 is 1.29 bits per heavy atom. The van der Waals surface area contributed by atoms with Crippen LogP contribution in [0.25, 0.3) is 0 Å². The number of likely N-dealkylation sites (tertiary alicyclic amines) is 1. The molecule has 0 bridgehead atoms. The fourth-order valence-electron chi connectivity index (χ4n) is 3.58. The molecule has 0 radical (unpaired) electrons. The van der Waals surface area contributed by atoms with Crippen LogP contribution < -0.4 is 5.32 Å². The molecule has 5 heteroatoms. The van der Waals surface area contributed by atoms with Gasteiger partial charge >= 0.3 is 6.18 Å². The fourth-order valence-corrected chi connectivity index (χ4v) is 3.58. The van der Waals surface area contributed by atoms with Crippen LogP contribution in [0, 0.1) is 5.92 Å². The molecule has 0 aromatic heterocycles. The molecule has 2 fully saturated rings. The third-order valence-electron chi connectivity index (χ3n) is 4.87. The van der Waals surface area contributed by atoms with Crippen molar-refractivity contribution in [3.63, 3.8) is 0 Å².